The standard InChI is InChI=1S/C16H25N3O3/c1-13(12-21-2)18-16(20)17-11-14-3-5-15(6-4-14)19-7-9-22-10-8-19/h3-6,13H,7-12H2,1-2H3,(H2,17,18,20). The molecule has 0 aromatic heterocycles. The number of hydrogen-bond donors (Lipinski definition) is 2. The van der Waals surface area contributed by atoms with Gasteiger partial charge in [0.2, 0.25) is 0 Å². The van der Waals surface area contributed by atoms with Gasteiger partial charge in [0.05, 0.1) is 25.9 Å². The molecule has 0 bridgehead atoms. The van der Waals surface area contributed by atoms with Gasteiger partial charge in [-0.25, -0.2) is 4.79 Å². The fourth-order valence-corrected chi connectivity index (χ4v) is 2.39. The van der Waals surface area contributed by atoms with Crippen LogP contribution in [-0.4, -0.2) is 52.1 Å². The Balaban J connectivity index is 1.77. The number of anilines is 1. The van der Waals surface area contributed by atoms with Crippen LogP contribution in [0.3, 0.4) is 0 Å². The van der Waals surface area contributed by atoms with E-state index in [9.17, 15) is 4.79 Å². The molecule has 2 amide bonds. The van der Waals surface area contributed by atoms with Gasteiger partial charge in [0.25, 0.3) is 0 Å². The summed E-state index contributed by atoms with van der Waals surface area (Å²) in [5, 5.41) is 5.67. The zero-order chi connectivity index (χ0) is 15.8. The molecule has 0 spiro atoms. The van der Waals surface area contributed by atoms with E-state index >= 15 is 0 Å². The van der Waals surface area contributed by atoms with E-state index < -0.39 is 0 Å². The second-order valence-electron chi connectivity index (χ2n) is 5.45. The second kappa shape index (κ2) is 8.60. The van der Waals surface area contributed by atoms with E-state index in [1.54, 1.807) is 7.11 Å². The summed E-state index contributed by atoms with van der Waals surface area (Å²) in [4.78, 5) is 14.0. The molecule has 1 aliphatic rings. The first-order chi connectivity index (χ1) is 10.7. The van der Waals surface area contributed by atoms with Crippen LogP contribution < -0.4 is 15.5 Å². The topological polar surface area (TPSA) is 62.8 Å². The van der Waals surface area contributed by atoms with Crippen LogP contribution in [0, 0.1) is 0 Å². The van der Waals surface area contributed by atoms with Crippen molar-refractivity contribution in [3.8, 4) is 0 Å². The SMILES string of the molecule is COCC(C)NC(=O)NCc1ccc(N2CCOCC2)cc1. The first kappa shape index (κ1) is 16.6. The highest BCUT2D eigenvalue weighted by Gasteiger charge is 2.11. The van der Waals surface area contributed by atoms with Gasteiger partial charge < -0.3 is 25.0 Å². The van der Waals surface area contributed by atoms with Crippen molar-refractivity contribution in [1.29, 1.82) is 0 Å². The summed E-state index contributed by atoms with van der Waals surface area (Å²) >= 11 is 0. The number of ether oxygens (including phenoxy) is 2. The number of morpholine rings is 1. The Morgan fingerprint density at radius 2 is 2.00 bits per heavy atom. The molecule has 0 radical (unpaired) electrons. The largest absolute Gasteiger partial charge is 0.383 e. The van der Waals surface area contributed by atoms with Crippen molar-refractivity contribution in [3.05, 3.63) is 29.8 Å². The predicted octanol–water partition coefficient (Wildman–Crippen LogP) is 1.36. The zero-order valence-electron chi connectivity index (χ0n) is 13.3. The first-order valence-corrected chi connectivity index (χ1v) is 7.64. The van der Waals surface area contributed by atoms with Crippen molar-refractivity contribution in [1.82, 2.24) is 10.6 Å². The van der Waals surface area contributed by atoms with E-state index in [-0.39, 0.29) is 12.1 Å². The van der Waals surface area contributed by atoms with Gasteiger partial charge in [0.1, 0.15) is 0 Å². The van der Waals surface area contributed by atoms with E-state index in [1.807, 2.05) is 19.1 Å². The molecule has 2 N–H and O–H groups in total. The third kappa shape index (κ3) is 5.20. The van der Waals surface area contributed by atoms with Gasteiger partial charge in [-0.3, -0.25) is 0 Å². The number of methoxy groups -OCH3 is 1. The number of carbonyl (C=O) groups excluding carboxylic acids is 1. The van der Waals surface area contributed by atoms with Crippen LogP contribution in [0.15, 0.2) is 24.3 Å². The van der Waals surface area contributed by atoms with Gasteiger partial charge in [0.15, 0.2) is 0 Å². The highest BCUT2D eigenvalue weighted by Crippen LogP contribution is 2.16. The fourth-order valence-electron chi connectivity index (χ4n) is 2.39. The molecule has 1 aromatic carbocycles. The minimum absolute atomic E-state index is 0.00584. The third-order valence-corrected chi connectivity index (χ3v) is 3.56. The number of amides is 2. The monoisotopic (exact) mass is 307 g/mol. The van der Waals surface area contributed by atoms with Crippen LogP contribution in [0.1, 0.15) is 12.5 Å². The Kier molecular flexibility index (Phi) is 6.48. The third-order valence-electron chi connectivity index (χ3n) is 3.56. The normalized spacial score (nSPS) is 16.2. The lowest BCUT2D eigenvalue weighted by atomic mass is 10.2. The highest BCUT2D eigenvalue weighted by atomic mass is 16.5. The van der Waals surface area contributed by atoms with Crippen LogP contribution in [0.25, 0.3) is 0 Å². The molecule has 0 saturated carbocycles. The van der Waals surface area contributed by atoms with Crippen molar-refractivity contribution in [2.75, 3.05) is 44.9 Å². The summed E-state index contributed by atoms with van der Waals surface area (Å²) in [6.07, 6.45) is 0. The molecule has 122 valence electrons. The molecule has 6 nitrogen and oxygen atoms in total. The van der Waals surface area contributed by atoms with Crippen molar-refractivity contribution in [2.45, 2.75) is 19.5 Å². The predicted molar refractivity (Wildman–Crippen MR) is 86.2 cm³/mol. The molecule has 1 saturated heterocycles. The van der Waals surface area contributed by atoms with Crippen molar-refractivity contribution in [2.24, 2.45) is 0 Å². The van der Waals surface area contributed by atoms with E-state index in [0.29, 0.717) is 13.2 Å². The molecular weight excluding hydrogens is 282 g/mol. The highest BCUT2D eigenvalue weighted by molar-refractivity contribution is 5.74. The Labute approximate surface area is 131 Å². The number of benzene rings is 1. The van der Waals surface area contributed by atoms with Crippen LogP contribution in [0.2, 0.25) is 0 Å². The molecule has 2 rings (SSSR count). The Morgan fingerprint density at radius 1 is 1.32 bits per heavy atom. The Bertz CT molecular complexity index is 458. The summed E-state index contributed by atoms with van der Waals surface area (Å²) < 4.78 is 10.3. The quantitative estimate of drug-likeness (QED) is 0.833. The fraction of sp³-hybridized carbons (Fsp3) is 0.562. The van der Waals surface area contributed by atoms with Crippen LogP contribution in [0.4, 0.5) is 10.5 Å². The van der Waals surface area contributed by atoms with Crippen molar-refractivity contribution in [3.63, 3.8) is 0 Å². The maximum absolute atomic E-state index is 11.7. The second-order valence-corrected chi connectivity index (χ2v) is 5.45. The molecule has 1 aromatic rings. The zero-order valence-corrected chi connectivity index (χ0v) is 13.3. The Morgan fingerprint density at radius 3 is 2.64 bits per heavy atom. The molecule has 1 heterocycles. The molecule has 1 fully saturated rings. The van der Waals surface area contributed by atoms with Gasteiger partial charge in [0, 0.05) is 32.4 Å². The van der Waals surface area contributed by atoms with E-state index in [4.69, 9.17) is 9.47 Å². The van der Waals surface area contributed by atoms with Gasteiger partial charge in [-0.1, -0.05) is 12.1 Å². The molecule has 6 heteroatoms. The summed E-state index contributed by atoms with van der Waals surface area (Å²) in [5.74, 6) is 0. The number of nitrogens with zero attached hydrogens (tertiary/aromatic N) is 1. The minimum atomic E-state index is -0.179. The molecule has 1 aliphatic heterocycles. The average Bonchev–Trinajstić information content (AvgIpc) is 2.54. The smallest absolute Gasteiger partial charge is 0.315 e. The molecule has 0 aliphatic carbocycles. The summed E-state index contributed by atoms with van der Waals surface area (Å²) in [5.41, 5.74) is 2.27. The molecule has 1 unspecified atom stereocenters. The number of rotatable bonds is 6. The number of carbonyl (C=O) groups is 1. The van der Waals surface area contributed by atoms with Crippen LogP contribution >= 0.6 is 0 Å². The molecule has 22 heavy (non-hydrogen) atoms. The lowest BCUT2D eigenvalue weighted by Gasteiger charge is -2.28. The Hall–Kier alpha value is -1.79. The maximum Gasteiger partial charge on any atom is 0.315 e. The summed E-state index contributed by atoms with van der Waals surface area (Å²) in [6, 6.07) is 8.09. The van der Waals surface area contributed by atoms with Gasteiger partial charge in [-0.2, -0.15) is 0 Å². The van der Waals surface area contributed by atoms with Gasteiger partial charge in [-0.05, 0) is 24.6 Å². The molecular formula is C16H25N3O3. The number of nitrogens with one attached hydrogen (secondary N) is 2. The van der Waals surface area contributed by atoms with E-state index in [2.05, 4.69) is 27.7 Å². The van der Waals surface area contributed by atoms with Crippen molar-refractivity contribution < 1.29 is 14.3 Å². The lowest BCUT2D eigenvalue weighted by molar-refractivity contribution is 0.122. The van der Waals surface area contributed by atoms with Crippen molar-refractivity contribution >= 4 is 11.7 Å². The average molecular weight is 307 g/mol. The minimum Gasteiger partial charge on any atom is -0.383 e. The summed E-state index contributed by atoms with van der Waals surface area (Å²) in [6.45, 7) is 6.33. The maximum atomic E-state index is 11.7. The van der Waals surface area contributed by atoms with Gasteiger partial charge >= 0.3 is 6.03 Å². The number of hydrogen-bond acceptors (Lipinski definition) is 4. The van der Waals surface area contributed by atoms with Crippen LogP contribution in [-0.2, 0) is 16.0 Å². The van der Waals surface area contributed by atoms with E-state index in [1.165, 1.54) is 5.69 Å². The summed E-state index contributed by atoms with van der Waals surface area (Å²) in [7, 11) is 1.62. The lowest BCUT2D eigenvalue weighted by Crippen LogP contribution is -2.42. The van der Waals surface area contributed by atoms with Gasteiger partial charge in [-0.15, -0.1) is 0 Å². The van der Waals surface area contributed by atoms with Crippen LogP contribution in [0.5, 0.6) is 0 Å². The molecule has 1 atom stereocenters. The number of urea groups is 1. The first-order valence-electron chi connectivity index (χ1n) is 7.64. The van der Waals surface area contributed by atoms with E-state index in [0.717, 1.165) is 31.9 Å².